The molecular formula is C24H22BrClN2O3. The van der Waals surface area contributed by atoms with Gasteiger partial charge in [0.25, 0.3) is 5.91 Å². The van der Waals surface area contributed by atoms with Crippen molar-refractivity contribution in [2.24, 2.45) is 4.99 Å². The maximum atomic E-state index is 12.2. The Morgan fingerprint density at radius 2 is 1.90 bits per heavy atom. The van der Waals surface area contributed by atoms with Gasteiger partial charge in [-0.05, 0) is 77.3 Å². The second-order valence-electron chi connectivity index (χ2n) is 6.61. The number of aliphatic imine (C=N–C) groups is 1. The molecule has 0 aromatic heterocycles. The van der Waals surface area contributed by atoms with Gasteiger partial charge in [-0.15, -0.1) is 0 Å². The number of hydrogen-bond donors (Lipinski definition) is 1. The van der Waals surface area contributed by atoms with Crippen LogP contribution < -0.4 is 14.8 Å². The Hall–Kier alpha value is -2.83. The zero-order chi connectivity index (χ0) is 22.2. The number of carbonyl (C=O) groups is 1. The molecule has 3 aromatic rings. The molecule has 1 amide bonds. The molecule has 0 saturated carbocycles. The summed E-state index contributed by atoms with van der Waals surface area (Å²) in [7, 11) is 0. The lowest BCUT2D eigenvalue weighted by Gasteiger charge is -2.14. The van der Waals surface area contributed by atoms with Gasteiger partial charge < -0.3 is 14.8 Å². The van der Waals surface area contributed by atoms with E-state index in [-0.39, 0.29) is 12.5 Å². The van der Waals surface area contributed by atoms with Gasteiger partial charge in [-0.1, -0.05) is 35.9 Å². The lowest BCUT2D eigenvalue weighted by atomic mass is 10.2. The summed E-state index contributed by atoms with van der Waals surface area (Å²) in [5.74, 6) is 0.720. The molecule has 0 atom stereocenters. The lowest BCUT2D eigenvalue weighted by Crippen LogP contribution is -2.20. The molecule has 0 aliphatic carbocycles. The number of hydrogen-bond acceptors (Lipinski definition) is 4. The molecular weight excluding hydrogens is 480 g/mol. The van der Waals surface area contributed by atoms with Gasteiger partial charge in [0.05, 0.1) is 16.8 Å². The third-order valence-electron chi connectivity index (χ3n) is 4.33. The summed E-state index contributed by atoms with van der Waals surface area (Å²) in [5.41, 5.74) is 3.23. The molecule has 7 heteroatoms. The van der Waals surface area contributed by atoms with E-state index < -0.39 is 0 Å². The maximum absolute atomic E-state index is 12.2. The molecule has 0 aliphatic rings. The van der Waals surface area contributed by atoms with Crippen LogP contribution in [0.25, 0.3) is 0 Å². The Bertz CT molecular complexity index is 1090. The second-order valence-corrected chi connectivity index (χ2v) is 7.87. The predicted molar refractivity (Wildman–Crippen MR) is 129 cm³/mol. The fourth-order valence-electron chi connectivity index (χ4n) is 2.80. The first kappa shape index (κ1) is 22.8. The standard InChI is InChI=1S/C24H22BrClN2O3/c1-3-30-22-13-17(14-27-21-11-7-10-20(26)16(21)2)12-19(25)24(22)31-15-23(29)28-18-8-5-4-6-9-18/h4-14H,3,15H2,1-2H3,(H,28,29). The lowest BCUT2D eigenvalue weighted by molar-refractivity contribution is -0.118. The quantitative estimate of drug-likeness (QED) is 0.355. The SMILES string of the molecule is CCOc1cc(C=Nc2cccc(Cl)c2C)cc(Br)c1OCC(=O)Nc1ccccc1. The van der Waals surface area contributed by atoms with E-state index in [1.54, 1.807) is 6.21 Å². The number of para-hydroxylation sites is 1. The predicted octanol–water partition coefficient (Wildman–Crippen LogP) is 6.58. The Morgan fingerprint density at radius 1 is 1.13 bits per heavy atom. The second kappa shape index (κ2) is 11.0. The molecule has 0 bridgehead atoms. The number of nitrogens with zero attached hydrogens (tertiary/aromatic N) is 1. The van der Waals surface area contributed by atoms with Crippen LogP contribution in [0.15, 0.2) is 70.1 Å². The smallest absolute Gasteiger partial charge is 0.262 e. The summed E-state index contributed by atoms with van der Waals surface area (Å²) in [5, 5.41) is 3.46. The zero-order valence-electron chi connectivity index (χ0n) is 17.2. The first-order valence-electron chi connectivity index (χ1n) is 9.71. The van der Waals surface area contributed by atoms with Crippen LogP contribution in [0.4, 0.5) is 11.4 Å². The van der Waals surface area contributed by atoms with Gasteiger partial charge in [0.15, 0.2) is 18.1 Å². The first-order valence-corrected chi connectivity index (χ1v) is 10.9. The molecule has 0 unspecified atom stereocenters. The Labute approximate surface area is 195 Å². The van der Waals surface area contributed by atoms with Crippen molar-refractivity contribution >= 4 is 51.0 Å². The van der Waals surface area contributed by atoms with Gasteiger partial charge in [0.1, 0.15) is 0 Å². The fourth-order valence-corrected chi connectivity index (χ4v) is 3.55. The van der Waals surface area contributed by atoms with E-state index in [4.69, 9.17) is 21.1 Å². The Morgan fingerprint density at radius 3 is 2.65 bits per heavy atom. The molecule has 0 spiro atoms. The van der Waals surface area contributed by atoms with Crippen LogP contribution in [0.1, 0.15) is 18.1 Å². The number of anilines is 1. The molecule has 5 nitrogen and oxygen atoms in total. The van der Waals surface area contributed by atoms with Gasteiger partial charge >= 0.3 is 0 Å². The highest BCUT2D eigenvalue weighted by Crippen LogP contribution is 2.37. The normalized spacial score (nSPS) is 10.8. The number of carbonyl (C=O) groups excluding carboxylic acids is 1. The van der Waals surface area contributed by atoms with Crippen molar-refractivity contribution in [3.8, 4) is 11.5 Å². The zero-order valence-corrected chi connectivity index (χ0v) is 19.5. The minimum absolute atomic E-state index is 0.150. The van der Waals surface area contributed by atoms with Crippen LogP contribution in [0.5, 0.6) is 11.5 Å². The summed E-state index contributed by atoms with van der Waals surface area (Å²) in [6, 6.07) is 18.5. The van der Waals surface area contributed by atoms with E-state index in [0.29, 0.717) is 33.3 Å². The number of rotatable bonds is 8. The van der Waals surface area contributed by atoms with Crippen molar-refractivity contribution in [3.63, 3.8) is 0 Å². The van der Waals surface area contributed by atoms with Crippen molar-refractivity contribution in [3.05, 3.63) is 81.3 Å². The number of amides is 1. The van der Waals surface area contributed by atoms with E-state index in [1.165, 1.54) is 0 Å². The first-order chi connectivity index (χ1) is 15.0. The molecule has 160 valence electrons. The highest BCUT2D eigenvalue weighted by Gasteiger charge is 2.14. The van der Waals surface area contributed by atoms with E-state index in [1.807, 2.05) is 74.5 Å². The van der Waals surface area contributed by atoms with Crippen LogP contribution >= 0.6 is 27.5 Å². The van der Waals surface area contributed by atoms with Crippen LogP contribution in [-0.4, -0.2) is 25.3 Å². The molecule has 31 heavy (non-hydrogen) atoms. The molecule has 1 N–H and O–H groups in total. The van der Waals surface area contributed by atoms with Crippen molar-refractivity contribution < 1.29 is 14.3 Å². The third-order valence-corrected chi connectivity index (χ3v) is 5.33. The van der Waals surface area contributed by atoms with Crippen molar-refractivity contribution in [1.29, 1.82) is 0 Å². The Kier molecular flexibility index (Phi) is 8.09. The van der Waals surface area contributed by atoms with Crippen molar-refractivity contribution in [2.45, 2.75) is 13.8 Å². The third kappa shape index (κ3) is 6.32. The van der Waals surface area contributed by atoms with Crippen LogP contribution in [0.3, 0.4) is 0 Å². The summed E-state index contributed by atoms with van der Waals surface area (Å²) in [6.45, 7) is 4.11. The van der Waals surface area contributed by atoms with Crippen molar-refractivity contribution in [1.82, 2.24) is 0 Å². The summed E-state index contributed by atoms with van der Waals surface area (Å²) in [4.78, 5) is 16.8. The van der Waals surface area contributed by atoms with Crippen LogP contribution in [-0.2, 0) is 4.79 Å². The van der Waals surface area contributed by atoms with Crippen LogP contribution in [0.2, 0.25) is 5.02 Å². The minimum Gasteiger partial charge on any atom is -0.490 e. The number of halogens is 2. The van der Waals surface area contributed by atoms with Crippen molar-refractivity contribution in [2.75, 3.05) is 18.5 Å². The molecule has 0 fully saturated rings. The monoisotopic (exact) mass is 500 g/mol. The molecule has 0 heterocycles. The average Bonchev–Trinajstić information content (AvgIpc) is 2.75. The van der Waals surface area contributed by atoms with Gasteiger partial charge in [0.2, 0.25) is 0 Å². The van der Waals surface area contributed by atoms with Crippen LogP contribution in [0, 0.1) is 6.92 Å². The molecule has 0 saturated heterocycles. The summed E-state index contributed by atoms with van der Waals surface area (Å²) in [6.07, 6.45) is 1.73. The highest BCUT2D eigenvalue weighted by molar-refractivity contribution is 9.10. The molecule has 0 radical (unpaired) electrons. The fraction of sp³-hybridized carbons (Fsp3) is 0.167. The molecule has 3 rings (SSSR count). The van der Waals surface area contributed by atoms with E-state index >= 15 is 0 Å². The molecule has 0 aliphatic heterocycles. The maximum Gasteiger partial charge on any atom is 0.262 e. The minimum atomic E-state index is -0.261. The number of benzene rings is 3. The number of ether oxygens (including phenoxy) is 2. The van der Waals surface area contributed by atoms with Gasteiger partial charge in [-0.25, -0.2) is 0 Å². The Balaban J connectivity index is 1.76. The summed E-state index contributed by atoms with van der Waals surface area (Å²) < 4.78 is 12.2. The van der Waals surface area contributed by atoms with E-state index in [9.17, 15) is 4.79 Å². The van der Waals surface area contributed by atoms with E-state index in [0.717, 1.165) is 16.8 Å². The molecule has 3 aromatic carbocycles. The largest absolute Gasteiger partial charge is 0.490 e. The van der Waals surface area contributed by atoms with Gasteiger partial charge in [-0.2, -0.15) is 0 Å². The van der Waals surface area contributed by atoms with Gasteiger partial charge in [-0.3, -0.25) is 9.79 Å². The van der Waals surface area contributed by atoms with E-state index in [2.05, 4.69) is 26.2 Å². The highest BCUT2D eigenvalue weighted by atomic mass is 79.9. The topological polar surface area (TPSA) is 59.9 Å². The average molecular weight is 502 g/mol. The van der Waals surface area contributed by atoms with Gasteiger partial charge in [0, 0.05) is 16.9 Å². The summed E-state index contributed by atoms with van der Waals surface area (Å²) >= 11 is 9.69. The number of nitrogens with one attached hydrogen (secondary N) is 1.